The van der Waals surface area contributed by atoms with Crippen molar-refractivity contribution in [2.45, 2.75) is 4.75 Å². The number of hydrogen-bond donors (Lipinski definition) is 2. The van der Waals surface area contributed by atoms with Gasteiger partial charge in [-0.05, 0) is 0 Å². The minimum absolute atomic E-state index is 0.0621. The van der Waals surface area contributed by atoms with Crippen LogP contribution in [0.4, 0.5) is 0 Å². The van der Waals surface area contributed by atoms with E-state index in [-0.39, 0.29) is 14.7 Å². The van der Waals surface area contributed by atoms with Crippen LogP contribution in [0.1, 0.15) is 16.7 Å². The monoisotopic (exact) mass is 395 g/mol. The highest BCUT2D eigenvalue weighted by atomic mass is 33.1. The third-order valence-corrected chi connectivity index (χ3v) is 9.82. The van der Waals surface area contributed by atoms with Crippen molar-refractivity contribution in [1.82, 2.24) is 0 Å². The molecule has 0 aliphatic carbocycles. The Bertz CT molecular complexity index is 698. The summed E-state index contributed by atoms with van der Waals surface area (Å²) in [6.45, 7) is 1.34. The van der Waals surface area contributed by atoms with Gasteiger partial charge in [-0.15, -0.1) is 0 Å². The van der Waals surface area contributed by atoms with Gasteiger partial charge < -0.3 is 11.5 Å². The van der Waals surface area contributed by atoms with Crippen molar-refractivity contribution >= 4 is 20.7 Å². The van der Waals surface area contributed by atoms with Crippen LogP contribution in [0.3, 0.4) is 0 Å². The third-order valence-electron chi connectivity index (χ3n) is 4.53. The molecule has 0 aliphatic rings. The van der Waals surface area contributed by atoms with Gasteiger partial charge in [0.05, 0.1) is 26.5 Å². The molecular formula is C23H27N2S2+. The molecule has 0 spiro atoms. The summed E-state index contributed by atoms with van der Waals surface area (Å²) in [6, 6.07) is 32.5. The summed E-state index contributed by atoms with van der Waals surface area (Å²) in [5.41, 5.74) is 15.9. The molecule has 0 amide bonds. The lowest BCUT2D eigenvalue weighted by Gasteiger charge is -2.33. The minimum Gasteiger partial charge on any atom is -0.329 e. The molecule has 4 heteroatoms. The quantitative estimate of drug-likeness (QED) is 0.325. The Balaban J connectivity index is 2.31. The molecule has 27 heavy (non-hydrogen) atoms. The van der Waals surface area contributed by atoms with Crippen LogP contribution in [0.2, 0.25) is 0 Å². The van der Waals surface area contributed by atoms with Gasteiger partial charge in [-0.1, -0.05) is 91.0 Å². The molecule has 0 bridgehead atoms. The first kappa shape index (κ1) is 20.0. The molecule has 1 atom stereocenters. The number of hydrogen-bond acceptors (Lipinski definition) is 3. The average molecular weight is 396 g/mol. The van der Waals surface area contributed by atoms with Crippen molar-refractivity contribution in [3.8, 4) is 0 Å². The van der Waals surface area contributed by atoms with E-state index in [4.69, 9.17) is 11.5 Å². The van der Waals surface area contributed by atoms with Crippen LogP contribution >= 0.6 is 10.8 Å². The summed E-state index contributed by atoms with van der Waals surface area (Å²) in [7, 11) is 1.90. The summed E-state index contributed by atoms with van der Waals surface area (Å²) in [5, 5.41) is 0. The van der Waals surface area contributed by atoms with E-state index in [0.717, 1.165) is 11.5 Å². The van der Waals surface area contributed by atoms with Gasteiger partial charge in [0.1, 0.15) is 5.75 Å². The van der Waals surface area contributed by atoms with Crippen LogP contribution in [0.15, 0.2) is 91.0 Å². The Kier molecular flexibility index (Phi) is 7.41. The number of nitrogens with two attached hydrogens (primary N) is 2. The molecule has 3 rings (SSSR count). The smallest absolute Gasteiger partial charge is 0.215 e. The summed E-state index contributed by atoms with van der Waals surface area (Å²) in [6.07, 6.45) is 0. The second kappa shape index (κ2) is 10.00. The molecule has 2 nitrogen and oxygen atoms in total. The lowest BCUT2D eigenvalue weighted by atomic mass is 9.84. The molecule has 1 unspecified atom stereocenters. The summed E-state index contributed by atoms with van der Waals surface area (Å²) in [5.74, 6) is 1.88. The standard InChI is InChI=1S/C23H27N2S2/c24-16-18-26-27(19-17-25)23(20-10-4-1-5-11-20,21-12-6-2-7-13-21)22-14-8-3-9-15-22/h1-15H,16-19,24-25H2/q+1. The second-order valence-electron chi connectivity index (χ2n) is 6.23. The first-order valence-electron chi connectivity index (χ1n) is 9.25. The molecular weight excluding hydrogens is 368 g/mol. The van der Waals surface area contributed by atoms with Crippen molar-refractivity contribution in [3.63, 3.8) is 0 Å². The highest BCUT2D eigenvalue weighted by molar-refractivity contribution is 8.74. The molecule has 3 aromatic carbocycles. The zero-order valence-corrected chi connectivity index (χ0v) is 17.1. The zero-order chi connectivity index (χ0) is 19.0. The lowest BCUT2D eigenvalue weighted by molar-refractivity contribution is 0.886. The van der Waals surface area contributed by atoms with Gasteiger partial charge in [0.2, 0.25) is 4.75 Å². The van der Waals surface area contributed by atoms with E-state index in [0.29, 0.717) is 13.1 Å². The van der Waals surface area contributed by atoms with Gasteiger partial charge in [-0.25, -0.2) is 0 Å². The van der Waals surface area contributed by atoms with Crippen LogP contribution in [-0.2, 0) is 14.7 Å². The van der Waals surface area contributed by atoms with Crippen molar-refractivity contribution < 1.29 is 0 Å². The molecule has 0 aliphatic heterocycles. The fourth-order valence-corrected chi connectivity index (χ4v) is 8.71. The van der Waals surface area contributed by atoms with E-state index in [2.05, 4.69) is 91.0 Å². The van der Waals surface area contributed by atoms with Gasteiger partial charge in [-0.2, -0.15) is 0 Å². The van der Waals surface area contributed by atoms with Gasteiger partial charge in [0, 0.05) is 29.8 Å². The molecule has 4 N–H and O–H groups in total. The summed E-state index contributed by atoms with van der Waals surface area (Å²) >= 11 is 0. The Morgan fingerprint density at radius 2 is 1.04 bits per heavy atom. The van der Waals surface area contributed by atoms with E-state index in [1.165, 1.54) is 16.7 Å². The maximum Gasteiger partial charge on any atom is 0.215 e. The normalized spacial score (nSPS) is 12.7. The first-order chi connectivity index (χ1) is 13.3. The third kappa shape index (κ3) is 4.25. The van der Waals surface area contributed by atoms with Gasteiger partial charge >= 0.3 is 0 Å². The minimum atomic E-state index is -0.247. The summed E-state index contributed by atoms with van der Waals surface area (Å²) < 4.78 is -0.247. The second-order valence-corrected chi connectivity index (χ2v) is 10.5. The van der Waals surface area contributed by atoms with Crippen LogP contribution in [0.5, 0.6) is 0 Å². The molecule has 3 aromatic rings. The Morgan fingerprint density at radius 3 is 1.37 bits per heavy atom. The van der Waals surface area contributed by atoms with Gasteiger partial charge in [0.15, 0.2) is 0 Å². The van der Waals surface area contributed by atoms with Gasteiger partial charge in [0.25, 0.3) is 0 Å². The fourth-order valence-electron chi connectivity index (χ4n) is 3.47. The van der Waals surface area contributed by atoms with E-state index in [1.54, 1.807) is 0 Å². The van der Waals surface area contributed by atoms with Crippen molar-refractivity contribution in [3.05, 3.63) is 108 Å². The Hall–Kier alpha value is -1.72. The maximum atomic E-state index is 6.09. The van der Waals surface area contributed by atoms with Crippen LogP contribution in [0, 0.1) is 0 Å². The van der Waals surface area contributed by atoms with Crippen LogP contribution < -0.4 is 11.5 Å². The Morgan fingerprint density at radius 1 is 0.630 bits per heavy atom. The molecule has 0 aromatic heterocycles. The SMILES string of the molecule is NCCS[S+](CCN)C(c1ccccc1)(c1ccccc1)c1ccccc1. The van der Waals surface area contributed by atoms with Crippen molar-refractivity contribution in [2.24, 2.45) is 11.5 Å². The number of benzene rings is 3. The lowest BCUT2D eigenvalue weighted by Crippen LogP contribution is -2.40. The maximum absolute atomic E-state index is 6.09. The number of rotatable bonds is 9. The molecule has 140 valence electrons. The largest absolute Gasteiger partial charge is 0.329 e. The summed E-state index contributed by atoms with van der Waals surface area (Å²) in [4.78, 5) is 0. The molecule has 0 saturated carbocycles. The van der Waals surface area contributed by atoms with Crippen LogP contribution in [-0.4, -0.2) is 24.6 Å². The van der Waals surface area contributed by atoms with E-state index in [9.17, 15) is 0 Å². The topological polar surface area (TPSA) is 52.0 Å². The van der Waals surface area contributed by atoms with Crippen LogP contribution in [0.25, 0.3) is 0 Å². The highest BCUT2D eigenvalue weighted by Gasteiger charge is 2.52. The van der Waals surface area contributed by atoms with Crippen molar-refractivity contribution in [2.75, 3.05) is 24.6 Å². The van der Waals surface area contributed by atoms with E-state index >= 15 is 0 Å². The predicted molar refractivity (Wildman–Crippen MR) is 122 cm³/mol. The molecule has 0 fully saturated rings. The first-order valence-corrected chi connectivity index (χ1v) is 12.1. The van der Waals surface area contributed by atoms with Crippen molar-refractivity contribution in [1.29, 1.82) is 0 Å². The zero-order valence-electron chi connectivity index (χ0n) is 15.5. The molecule has 0 saturated heterocycles. The Labute approximate surface area is 169 Å². The average Bonchev–Trinajstić information content (AvgIpc) is 2.75. The van der Waals surface area contributed by atoms with Gasteiger partial charge in [-0.3, -0.25) is 0 Å². The van der Waals surface area contributed by atoms with E-state index in [1.807, 2.05) is 10.8 Å². The van der Waals surface area contributed by atoms with E-state index < -0.39 is 0 Å². The highest BCUT2D eigenvalue weighted by Crippen LogP contribution is 2.49. The predicted octanol–water partition coefficient (Wildman–Crippen LogP) is 4.16. The fraction of sp³-hybridized carbons (Fsp3) is 0.217. The molecule has 0 heterocycles. The molecule has 0 radical (unpaired) electrons.